The fraction of sp³-hybridized carbons (Fsp3) is 0.214. The van der Waals surface area contributed by atoms with Gasteiger partial charge in [0.05, 0.1) is 17.7 Å². The van der Waals surface area contributed by atoms with Crippen LogP contribution in [0.2, 0.25) is 0 Å². The monoisotopic (exact) mass is 276 g/mol. The van der Waals surface area contributed by atoms with Gasteiger partial charge in [0, 0.05) is 5.56 Å². The molecule has 0 atom stereocenters. The lowest BCUT2D eigenvalue weighted by Crippen LogP contribution is -2.04. The summed E-state index contributed by atoms with van der Waals surface area (Å²) in [6.45, 7) is 1.89. The molecule has 0 heterocycles. The molecule has 1 rings (SSSR count). The van der Waals surface area contributed by atoms with Gasteiger partial charge in [-0.2, -0.15) is 0 Å². The second-order valence-corrected chi connectivity index (χ2v) is 3.65. The molecule has 0 fully saturated rings. The van der Waals surface area contributed by atoms with E-state index in [0.717, 1.165) is 6.07 Å². The van der Waals surface area contributed by atoms with Crippen LogP contribution in [0, 0.1) is 11.8 Å². The van der Waals surface area contributed by atoms with Crippen LogP contribution < -0.4 is 0 Å². The van der Waals surface area contributed by atoms with Crippen molar-refractivity contribution < 1.29 is 29.3 Å². The minimum atomic E-state index is -1.22. The highest BCUT2D eigenvalue weighted by molar-refractivity contribution is 5.94. The highest BCUT2D eigenvalue weighted by Crippen LogP contribution is 2.11. The van der Waals surface area contributed by atoms with Crippen molar-refractivity contribution in [2.75, 3.05) is 6.61 Å². The molecule has 0 aliphatic rings. The van der Waals surface area contributed by atoms with Crippen molar-refractivity contribution in [2.45, 2.75) is 13.3 Å². The first kappa shape index (κ1) is 15.2. The molecule has 104 valence electrons. The third kappa shape index (κ3) is 4.14. The maximum Gasteiger partial charge on any atom is 0.336 e. The Kier molecular flexibility index (Phi) is 5.30. The molecule has 1 aromatic carbocycles. The van der Waals surface area contributed by atoms with Gasteiger partial charge in [0.25, 0.3) is 0 Å². The summed E-state index contributed by atoms with van der Waals surface area (Å²) in [6.07, 6.45) is -0.190. The summed E-state index contributed by atoms with van der Waals surface area (Å²) in [5.41, 5.74) is -0.150. The van der Waals surface area contributed by atoms with Crippen LogP contribution in [0.3, 0.4) is 0 Å². The number of esters is 1. The number of hydrogen-bond donors (Lipinski definition) is 2. The van der Waals surface area contributed by atoms with Crippen molar-refractivity contribution in [3.63, 3.8) is 0 Å². The zero-order valence-electron chi connectivity index (χ0n) is 10.7. The van der Waals surface area contributed by atoms with Gasteiger partial charge in [-0.3, -0.25) is 4.79 Å². The normalized spacial score (nSPS) is 9.25. The molecular weight excluding hydrogens is 264 g/mol. The van der Waals surface area contributed by atoms with Gasteiger partial charge in [-0.15, -0.1) is 0 Å². The van der Waals surface area contributed by atoms with E-state index in [1.54, 1.807) is 6.92 Å². The average Bonchev–Trinajstić information content (AvgIpc) is 2.38. The van der Waals surface area contributed by atoms with Gasteiger partial charge in [-0.1, -0.05) is 11.8 Å². The van der Waals surface area contributed by atoms with Crippen molar-refractivity contribution in [1.82, 2.24) is 0 Å². The fourth-order valence-electron chi connectivity index (χ4n) is 1.39. The van der Waals surface area contributed by atoms with Gasteiger partial charge in [0.15, 0.2) is 0 Å². The first-order valence-electron chi connectivity index (χ1n) is 5.70. The molecule has 0 spiro atoms. The smallest absolute Gasteiger partial charge is 0.336 e. The van der Waals surface area contributed by atoms with Crippen molar-refractivity contribution in [3.05, 3.63) is 34.9 Å². The lowest BCUT2D eigenvalue weighted by atomic mass is 10.0. The number of rotatable bonds is 4. The first-order valence-corrected chi connectivity index (χ1v) is 5.70. The number of aromatic carboxylic acids is 2. The molecular formula is C14H12O6. The predicted octanol–water partition coefficient (Wildman–Crippen LogP) is 1.39. The van der Waals surface area contributed by atoms with E-state index in [1.807, 2.05) is 0 Å². The quantitative estimate of drug-likeness (QED) is 0.636. The Morgan fingerprint density at radius 1 is 1.20 bits per heavy atom. The molecule has 2 N–H and O–H groups in total. The fourth-order valence-corrected chi connectivity index (χ4v) is 1.39. The number of carbonyl (C=O) groups is 3. The SMILES string of the molecule is CCOC(=O)CC#Cc1cc(C(=O)O)ccc1C(=O)O. The molecule has 6 heteroatoms. The number of benzene rings is 1. The Morgan fingerprint density at radius 3 is 2.45 bits per heavy atom. The van der Waals surface area contributed by atoms with Crippen LogP contribution in [0.15, 0.2) is 18.2 Å². The summed E-state index contributed by atoms with van der Waals surface area (Å²) >= 11 is 0. The van der Waals surface area contributed by atoms with Gasteiger partial charge in [-0.25, -0.2) is 9.59 Å². The van der Waals surface area contributed by atoms with Crippen LogP contribution in [0.4, 0.5) is 0 Å². The summed E-state index contributed by atoms with van der Waals surface area (Å²) in [5.74, 6) is 2.02. The van der Waals surface area contributed by atoms with Gasteiger partial charge in [0.1, 0.15) is 6.42 Å². The minimum Gasteiger partial charge on any atom is -0.478 e. The van der Waals surface area contributed by atoms with E-state index in [4.69, 9.17) is 10.2 Å². The molecule has 0 radical (unpaired) electrons. The third-order valence-corrected chi connectivity index (χ3v) is 2.26. The summed E-state index contributed by atoms with van der Waals surface area (Å²) in [4.78, 5) is 32.9. The Balaban J connectivity index is 3.05. The molecule has 0 aromatic heterocycles. The highest BCUT2D eigenvalue weighted by atomic mass is 16.5. The standard InChI is InChI=1S/C14H12O6/c1-2-20-12(15)5-3-4-9-8-10(13(16)17)6-7-11(9)14(18)19/h6-8H,2,5H2,1H3,(H,16,17)(H,18,19). The Hall–Kier alpha value is -2.81. The van der Waals surface area contributed by atoms with Crippen molar-refractivity contribution in [3.8, 4) is 11.8 Å². The molecule has 0 saturated carbocycles. The van der Waals surface area contributed by atoms with Crippen LogP contribution >= 0.6 is 0 Å². The summed E-state index contributed by atoms with van der Waals surface area (Å²) in [5, 5.41) is 17.8. The highest BCUT2D eigenvalue weighted by Gasteiger charge is 2.12. The zero-order valence-corrected chi connectivity index (χ0v) is 10.7. The van der Waals surface area contributed by atoms with Crippen LogP contribution in [-0.2, 0) is 9.53 Å². The lowest BCUT2D eigenvalue weighted by Gasteiger charge is -2.01. The number of carbonyl (C=O) groups excluding carboxylic acids is 1. The molecule has 1 aromatic rings. The van der Waals surface area contributed by atoms with E-state index in [0.29, 0.717) is 0 Å². The second kappa shape index (κ2) is 6.95. The number of ether oxygens (including phenoxy) is 1. The Labute approximate surface area is 115 Å². The summed E-state index contributed by atoms with van der Waals surface area (Å²) in [7, 11) is 0. The van der Waals surface area contributed by atoms with Crippen LogP contribution in [0.1, 0.15) is 39.6 Å². The van der Waals surface area contributed by atoms with E-state index in [9.17, 15) is 14.4 Å². The van der Waals surface area contributed by atoms with Gasteiger partial charge in [-0.05, 0) is 25.1 Å². The molecule has 0 aliphatic carbocycles. The van der Waals surface area contributed by atoms with E-state index < -0.39 is 17.9 Å². The number of hydrogen-bond acceptors (Lipinski definition) is 4. The van der Waals surface area contributed by atoms with E-state index >= 15 is 0 Å². The predicted molar refractivity (Wildman–Crippen MR) is 68.5 cm³/mol. The molecule has 0 unspecified atom stereocenters. The van der Waals surface area contributed by atoms with E-state index in [2.05, 4.69) is 16.6 Å². The minimum absolute atomic E-state index is 0.0432. The van der Waals surface area contributed by atoms with Gasteiger partial charge < -0.3 is 14.9 Å². The first-order chi connectivity index (χ1) is 9.45. The molecule has 0 amide bonds. The van der Waals surface area contributed by atoms with E-state index in [-0.39, 0.29) is 29.7 Å². The molecule has 0 bridgehead atoms. The molecule has 0 aliphatic heterocycles. The molecule has 0 saturated heterocycles. The van der Waals surface area contributed by atoms with Crippen molar-refractivity contribution in [2.24, 2.45) is 0 Å². The maximum absolute atomic E-state index is 11.1. The van der Waals surface area contributed by atoms with Gasteiger partial charge >= 0.3 is 17.9 Å². The van der Waals surface area contributed by atoms with Crippen LogP contribution in [0.5, 0.6) is 0 Å². The van der Waals surface area contributed by atoms with E-state index in [1.165, 1.54) is 12.1 Å². The third-order valence-electron chi connectivity index (χ3n) is 2.26. The van der Waals surface area contributed by atoms with Crippen molar-refractivity contribution >= 4 is 17.9 Å². The second-order valence-electron chi connectivity index (χ2n) is 3.65. The number of carboxylic acid groups (broad SMARTS) is 2. The average molecular weight is 276 g/mol. The molecule has 20 heavy (non-hydrogen) atoms. The van der Waals surface area contributed by atoms with Crippen molar-refractivity contribution in [1.29, 1.82) is 0 Å². The largest absolute Gasteiger partial charge is 0.478 e. The lowest BCUT2D eigenvalue weighted by molar-refractivity contribution is -0.141. The summed E-state index contributed by atoms with van der Waals surface area (Å²) < 4.78 is 4.67. The number of carboxylic acids is 2. The maximum atomic E-state index is 11.1. The van der Waals surface area contributed by atoms with Gasteiger partial charge in [0.2, 0.25) is 0 Å². The zero-order chi connectivity index (χ0) is 15.1. The molecule has 6 nitrogen and oxygen atoms in total. The topological polar surface area (TPSA) is 101 Å². The van der Waals surface area contributed by atoms with Crippen LogP contribution in [0.25, 0.3) is 0 Å². The Morgan fingerprint density at radius 2 is 1.90 bits per heavy atom. The summed E-state index contributed by atoms with van der Waals surface area (Å²) in [6, 6.07) is 3.51. The van der Waals surface area contributed by atoms with Crippen LogP contribution in [-0.4, -0.2) is 34.7 Å². The Bertz CT molecular complexity index is 606.